The van der Waals surface area contributed by atoms with E-state index in [0.29, 0.717) is 17.3 Å². The molecule has 1 aliphatic rings. The number of aryl methyl sites for hydroxylation is 2. The molecule has 2 amide bonds. The van der Waals surface area contributed by atoms with Crippen molar-refractivity contribution >= 4 is 34.8 Å². The average molecular weight is 343 g/mol. The average Bonchev–Trinajstić information content (AvgIpc) is 2.91. The van der Waals surface area contributed by atoms with Crippen LogP contribution in [0.3, 0.4) is 0 Å². The monoisotopic (exact) mass is 342 g/mol. The second kappa shape index (κ2) is 6.65. The molecule has 0 unspecified atom stereocenters. The van der Waals surface area contributed by atoms with Crippen molar-refractivity contribution in [2.45, 2.75) is 20.3 Å². The lowest BCUT2D eigenvalue weighted by atomic mass is 10.1. The number of rotatable bonds is 3. The molecule has 0 saturated carbocycles. The molecule has 1 N–H and O–H groups in total. The lowest BCUT2D eigenvalue weighted by Crippen LogP contribution is -2.28. The maximum Gasteiger partial charge on any atom is 0.229 e. The van der Waals surface area contributed by atoms with Gasteiger partial charge in [0.2, 0.25) is 11.8 Å². The Bertz CT molecular complexity index is 783. The Balaban J connectivity index is 1.74. The number of para-hydroxylation sites is 1. The molecule has 1 heterocycles. The van der Waals surface area contributed by atoms with Crippen LogP contribution in [0, 0.1) is 19.8 Å². The highest BCUT2D eigenvalue weighted by atomic mass is 35.5. The van der Waals surface area contributed by atoms with Gasteiger partial charge in [-0.15, -0.1) is 0 Å². The molecule has 0 spiro atoms. The topological polar surface area (TPSA) is 49.4 Å². The minimum atomic E-state index is -0.380. The Morgan fingerprint density at radius 2 is 1.83 bits per heavy atom. The molecule has 1 aliphatic heterocycles. The molecule has 124 valence electrons. The van der Waals surface area contributed by atoms with Crippen LogP contribution in [0.2, 0.25) is 5.02 Å². The Morgan fingerprint density at radius 1 is 1.17 bits per heavy atom. The number of amides is 2. The maximum atomic E-state index is 12.5. The van der Waals surface area contributed by atoms with Crippen LogP contribution in [-0.2, 0) is 9.59 Å². The molecule has 1 fully saturated rings. The summed E-state index contributed by atoms with van der Waals surface area (Å²) in [6.07, 6.45) is 0.212. The summed E-state index contributed by atoms with van der Waals surface area (Å²) in [5.74, 6) is -0.586. The molecule has 3 rings (SSSR count). The summed E-state index contributed by atoms with van der Waals surface area (Å²) >= 11 is 6.07. The molecular formula is C19H19ClN2O2. The molecule has 2 aromatic carbocycles. The van der Waals surface area contributed by atoms with Gasteiger partial charge in [0.15, 0.2) is 0 Å². The lowest BCUT2D eigenvalue weighted by molar-refractivity contribution is -0.122. The summed E-state index contributed by atoms with van der Waals surface area (Å²) < 4.78 is 0. The molecular weight excluding hydrogens is 324 g/mol. The van der Waals surface area contributed by atoms with Gasteiger partial charge < -0.3 is 10.2 Å². The number of nitrogens with zero attached hydrogens (tertiary/aromatic N) is 1. The molecule has 0 aromatic heterocycles. The minimum absolute atomic E-state index is 0.0284. The van der Waals surface area contributed by atoms with E-state index >= 15 is 0 Å². The van der Waals surface area contributed by atoms with Crippen molar-refractivity contribution in [2.75, 3.05) is 16.8 Å². The van der Waals surface area contributed by atoms with E-state index in [1.54, 1.807) is 23.1 Å². The van der Waals surface area contributed by atoms with E-state index in [9.17, 15) is 9.59 Å². The lowest BCUT2D eigenvalue weighted by Gasteiger charge is -2.18. The van der Waals surface area contributed by atoms with Gasteiger partial charge in [-0.25, -0.2) is 0 Å². The second-order valence-corrected chi connectivity index (χ2v) is 6.63. The standard InChI is InChI=1S/C19H19ClN2O2/c1-12-7-13(2)9-15(8-12)22-11-14(10-18(22)23)19(24)21-17-6-4-3-5-16(17)20/h3-9,14H,10-11H2,1-2H3,(H,21,24)/t14-/m1/s1. The normalized spacial score (nSPS) is 17.2. The molecule has 5 heteroatoms. The first-order chi connectivity index (χ1) is 11.4. The number of benzene rings is 2. The van der Waals surface area contributed by atoms with Crippen LogP contribution in [0.5, 0.6) is 0 Å². The smallest absolute Gasteiger partial charge is 0.229 e. The van der Waals surface area contributed by atoms with E-state index < -0.39 is 0 Å². The molecule has 24 heavy (non-hydrogen) atoms. The number of hydrogen-bond acceptors (Lipinski definition) is 2. The number of anilines is 2. The highest BCUT2D eigenvalue weighted by molar-refractivity contribution is 6.33. The molecule has 1 saturated heterocycles. The van der Waals surface area contributed by atoms with Crippen molar-refractivity contribution < 1.29 is 9.59 Å². The zero-order valence-electron chi connectivity index (χ0n) is 13.7. The van der Waals surface area contributed by atoms with Gasteiger partial charge >= 0.3 is 0 Å². The Morgan fingerprint density at radius 3 is 2.50 bits per heavy atom. The van der Waals surface area contributed by atoms with Crippen LogP contribution >= 0.6 is 11.6 Å². The Hall–Kier alpha value is -2.33. The highest BCUT2D eigenvalue weighted by Crippen LogP contribution is 2.28. The molecule has 2 aromatic rings. The summed E-state index contributed by atoms with van der Waals surface area (Å²) in [5.41, 5.74) is 3.62. The predicted molar refractivity (Wildman–Crippen MR) is 96.5 cm³/mol. The van der Waals surface area contributed by atoms with Crippen LogP contribution in [0.1, 0.15) is 17.5 Å². The Labute approximate surface area is 146 Å². The van der Waals surface area contributed by atoms with Crippen molar-refractivity contribution in [3.63, 3.8) is 0 Å². The van der Waals surface area contributed by atoms with Crippen molar-refractivity contribution in [3.05, 3.63) is 58.6 Å². The number of hydrogen-bond donors (Lipinski definition) is 1. The Kier molecular flexibility index (Phi) is 4.58. The van der Waals surface area contributed by atoms with Crippen LogP contribution in [-0.4, -0.2) is 18.4 Å². The summed E-state index contributed by atoms with van der Waals surface area (Å²) in [7, 11) is 0. The zero-order chi connectivity index (χ0) is 17.3. The number of carbonyl (C=O) groups excluding carboxylic acids is 2. The molecule has 0 aliphatic carbocycles. The van der Waals surface area contributed by atoms with E-state index in [1.807, 2.05) is 32.0 Å². The van der Waals surface area contributed by atoms with Crippen molar-refractivity contribution in [1.82, 2.24) is 0 Å². The molecule has 0 radical (unpaired) electrons. The number of nitrogens with one attached hydrogen (secondary N) is 1. The maximum absolute atomic E-state index is 12.5. The van der Waals surface area contributed by atoms with Crippen molar-refractivity contribution in [2.24, 2.45) is 5.92 Å². The molecule has 4 nitrogen and oxygen atoms in total. The van der Waals surface area contributed by atoms with Crippen LogP contribution in [0.25, 0.3) is 0 Å². The van der Waals surface area contributed by atoms with E-state index in [2.05, 4.69) is 11.4 Å². The molecule has 0 bridgehead atoms. The van der Waals surface area contributed by atoms with E-state index in [-0.39, 0.29) is 24.2 Å². The first-order valence-electron chi connectivity index (χ1n) is 7.88. The SMILES string of the molecule is Cc1cc(C)cc(N2C[C@H](C(=O)Nc3ccccc3Cl)CC2=O)c1. The van der Waals surface area contributed by atoms with Gasteiger partial charge in [-0.05, 0) is 49.2 Å². The molecule has 1 atom stereocenters. The van der Waals surface area contributed by atoms with Gasteiger partial charge in [0.25, 0.3) is 0 Å². The van der Waals surface area contributed by atoms with E-state index in [4.69, 9.17) is 11.6 Å². The summed E-state index contributed by atoms with van der Waals surface area (Å²) in [5, 5.41) is 3.31. The largest absolute Gasteiger partial charge is 0.324 e. The van der Waals surface area contributed by atoms with Gasteiger partial charge in [0.1, 0.15) is 0 Å². The third-order valence-corrected chi connectivity index (χ3v) is 4.48. The fourth-order valence-corrected chi connectivity index (χ4v) is 3.22. The second-order valence-electron chi connectivity index (χ2n) is 6.22. The van der Waals surface area contributed by atoms with Crippen LogP contribution in [0.4, 0.5) is 11.4 Å². The van der Waals surface area contributed by atoms with Gasteiger partial charge in [-0.2, -0.15) is 0 Å². The van der Waals surface area contributed by atoms with Gasteiger partial charge in [0.05, 0.1) is 16.6 Å². The van der Waals surface area contributed by atoms with Crippen LogP contribution in [0.15, 0.2) is 42.5 Å². The first-order valence-corrected chi connectivity index (χ1v) is 8.26. The summed E-state index contributed by atoms with van der Waals surface area (Å²) in [6, 6.07) is 13.1. The summed E-state index contributed by atoms with van der Waals surface area (Å²) in [6.45, 7) is 4.38. The van der Waals surface area contributed by atoms with E-state index in [1.165, 1.54) is 0 Å². The third-order valence-electron chi connectivity index (χ3n) is 4.15. The van der Waals surface area contributed by atoms with E-state index in [0.717, 1.165) is 16.8 Å². The van der Waals surface area contributed by atoms with Crippen LogP contribution < -0.4 is 10.2 Å². The predicted octanol–water partition coefficient (Wildman–Crippen LogP) is 3.95. The van der Waals surface area contributed by atoms with Crippen molar-refractivity contribution in [3.8, 4) is 0 Å². The third kappa shape index (κ3) is 3.44. The van der Waals surface area contributed by atoms with Gasteiger partial charge in [-0.1, -0.05) is 29.8 Å². The highest BCUT2D eigenvalue weighted by Gasteiger charge is 2.35. The quantitative estimate of drug-likeness (QED) is 0.918. The zero-order valence-corrected chi connectivity index (χ0v) is 14.4. The number of carbonyl (C=O) groups is 2. The van der Waals surface area contributed by atoms with Gasteiger partial charge in [0, 0.05) is 18.7 Å². The first kappa shape index (κ1) is 16.5. The number of halogens is 1. The fourth-order valence-electron chi connectivity index (χ4n) is 3.04. The van der Waals surface area contributed by atoms with Crippen molar-refractivity contribution in [1.29, 1.82) is 0 Å². The summed E-state index contributed by atoms with van der Waals surface area (Å²) in [4.78, 5) is 26.5. The minimum Gasteiger partial charge on any atom is -0.324 e. The fraction of sp³-hybridized carbons (Fsp3) is 0.263. The van der Waals surface area contributed by atoms with Gasteiger partial charge in [-0.3, -0.25) is 9.59 Å².